The smallest absolute Gasteiger partial charge is 0.135 e. The largest absolute Gasteiger partial charge is 0.456 e. The Morgan fingerprint density at radius 3 is 1.20 bits per heavy atom. The first-order valence-corrected chi connectivity index (χ1v) is 18.0. The van der Waals surface area contributed by atoms with Gasteiger partial charge in [0, 0.05) is 41.7 Å². The van der Waals surface area contributed by atoms with Crippen molar-refractivity contribution in [1.82, 2.24) is 0 Å². The van der Waals surface area contributed by atoms with E-state index in [1.807, 2.05) is 35.6 Å². The van der Waals surface area contributed by atoms with Crippen LogP contribution >= 0.6 is 11.3 Å². The van der Waals surface area contributed by atoms with Crippen molar-refractivity contribution in [3.63, 3.8) is 0 Å². The predicted octanol–water partition coefficient (Wildman–Crippen LogP) is 14.5. The Kier molecular flexibility index (Phi) is 6.16. The van der Waals surface area contributed by atoms with Gasteiger partial charge in [0.15, 0.2) is 0 Å². The number of furan rings is 2. The highest BCUT2D eigenvalue weighted by Crippen LogP contribution is 2.40. The maximum absolute atomic E-state index is 6.07. The summed E-state index contributed by atoms with van der Waals surface area (Å²) in [5.41, 5.74) is 13.3. The summed E-state index contributed by atoms with van der Waals surface area (Å²) in [6, 6.07) is 61.0. The summed E-state index contributed by atoms with van der Waals surface area (Å²) in [6.07, 6.45) is 0. The maximum atomic E-state index is 6.07. The summed E-state index contributed by atoms with van der Waals surface area (Å²) < 4.78 is 14.7. The highest BCUT2D eigenvalue weighted by Gasteiger charge is 2.13. The summed E-state index contributed by atoms with van der Waals surface area (Å²) in [4.78, 5) is 0. The molecule has 0 saturated heterocycles. The molecule has 0 bridgehead atoms. The summed E-state index contributed by atoms with van der Waals surface area (Å²) in [5, 5.41) is 7.21. The lowest BCUT2D eigenvalue weighted by Crippen LogP contribution is -1.82. The second kappa shape index (κ2) is 11.0. The van der Waals surface area contributed by atoms with E-state index in [1.165, 1.54) is 64.7 Å². The lowest BCUT2D eigenvalue weighted by Gasteiger charge is -2.07. The normalized spacial score (nSPS) is 11.9. The first-order chi connectivity index (χ1) is 25.2. The number of rotatable bonds is 4. The molecule has 0 saturated carbocycles. The molecule has 11 aromatic rings. The zero-order valence-electron chi connectivity index (χ0n) is 27.4. The fraction of sp³-hybridized carbons (Fsp3) is 0. The lowest BCUT2D eigenvalue weighted by molar-refractivity contribution is 0.668. The Hall–Kier alpha value is -6.42. The quantitative estimate of drug-likeness (QED) is 0.187. The maximum Gasteiger partial charge on any atom is 0.135 e. The van der Waals surface area contributed by atoms with Crippen LogP contribution in [0.2, 0.25) is 0 Å². The number of para-hydroxylation sites is 2. The fourth-order valence-corrected chi connectivity index (χ4v) is 8.87. The molecule has 0 aliphatic carbocycles. The number of fused-ring (bicyclic) bond motifs is 9. The van der Waals surface area contributed by atoms with E-state index in [1.54, 1.807) is 0 Å². The van der Waals surface area contributed by atoms with E-state index in [2.05, 4.69) is 146 Å². The van der Waals surface area contributed by atoms with Crippen molar-refractivity contribution in [2.24, 2.45) is 0 Å². The van der Waals surface area contributed by atoms with Gasteiger partial charge in [-0.1, -0.05) is 115 Å². The predicted molar refractivity (Wildman–Crippen MR) is 216 cm³/mol. The second-order valence-electron chi connectivity index (χ2n) is 13.3. The molecule has 0 aliphatic rings. The molecule has 238 valence electrons. The van der Waals surface area contributed by atoms with Crippen LogP contribution in [0.15, 0.2) is 179 Å². The molecule has 3 heteroatoms. The molecule has 0 aliphatic heterocycles. The van der Waals surface area contributed by atoms with E-state index in [0.29, 0.717) is 0 Å². The molecule has 0 radical (unpaired) electrons. The standard InChI is InChI=1S/C48H28O2S/c1-3-10-43-37(8-1)41-25-33(18-22-45(41)49-43)29-12-14-30(15-13-29)35-16-20-39-40-21-17-36(28-48(40)51-47(39)27-35)32-7-5-6-31(24-32)34-19-23-46-42(26-34)38-9-2-4-11-44(38)50-46/h1-28H. The van der Waals surface area contributed by atoms with Crippen LogP contribution in [-0.2, 0) is 0 Å². The van der Waals surface area contributed by atoms with Crippen LogP contribution in [0.5, 0.6) is 0 Å². The molecular formula is C48H28O2S. The molecule has 0 unspecified atom stereocenters. The molecular weight excluding hydrogens is 641 g/mol. The van der Waals surface area contributed by atoms with Gasteiger partial charge in [-0.3, -0.25) is 0 Å². The van der Waals surface area contributed by atoms with Gasteiger partial charge < -0.3 is 8.83 Å². The van der Waals surface area contributed by atoms with E-state index in [-0.39, 0.29) is 0 Å². The lowest BCUT2D eigenvalue weighted by atomic mass is 9.97. The van der Waals surface area contributed by atoms with Crippen LogP contribution < -0.4 is 0 Å². The Morgan fingerprint density at radius 2 is 0.647 bits per heavy atom. The molecule has 3 heterocycles. The first-order valence-electron chi connectivity index (χ1n) is 17.2. The highest BCUT2D eigenvalue weighted by molar-refractivity contribution is 7.25. The molecule has 0 spiro atoms. The highest BCUT2D eigenvalue weighted by atomic mass is 32.1. The third-order valence-electron chi connectivity index (χ3n) is 10.3. The van der Waals surface area contributed by atoms with E-state index < -0.39 is 0 Å². The molecule has 0 amide bonds. The summed E-state index contributed by atoms with van der Waals surface area (Å²) in [5.74, 6) is 0. The number of hydrogen-bond acceptors (Lipinski definition) is 3. The van der Waals surface area contributed by atoms with Gasteiger partial charge in [0.2, 0.25) is 0 Å². The summed E-state index contributed by atoms with van der Waals surface area (Å²) >= 11 is 1.87. The Labute approximate surface area is 297 Å². The average molecular weight is 669 g/mol. The van der Waals surface area contributed by atoms with Crippen molar-refractivity contribution in [3.8, 4) is 44.5 Å². The second-order valence-corrected chi connectivity index (χ2v) is 14.4. The zero-order valence-corrected chi connectivity index (χ0v) is 28.2. The van der Waals surface area contributed by atoms with Crippen LogP contribution in [0.4, 0.5) is 0 Å². The van der Waals surface area contributed by atoms with Crippen molar-refractivity contribution < 1.29 is 8.83 Å². The van der Waals surface area contributed by atoms with Crippen LogP contribution in [0.3, 0.4) is 0 Å². The molecule has 0 N–H and O–H groups in total. The van der Waals surface area contributed by atoms with Gasteiger partial charge in [0.1, 0.15) is 22.3 Å². The van der Waals surface area contributed by atoms with Crippen molar-refractivity contribution in [3.05, 3.63) is 170 Å². The topological polar surface area (TPSA) is 26.3 Å². The summed E-state index contributed by atoms with van der Waals surface area (Å²) in [6.45, 7) is 0. The van der Waals surface area contributed by atoms with E-state index in [0.717, 1.165) is 43.9 Å². The van der Waals surface area contributed by atoms with Crippen molar-refractivity contribution in [2.45, 2.75) is 0 Å². The molecule has 11 rings (SSSR count). The van der Waals surface area contributed by atoms with Crippen LogP contribution in [0, 0.1) is 0 Å². The summed E-state index contributed by atoms with van der Waals surface area (Å²) in [7, 11) is 0. The molecule has 51 heavy (non-hydrogen) atoms. The molecule has 3 aromatic heterocycles. The van der Waals surface area contributed by atoms with E-state index in [4.69, 9.17) is 8.83 Å². The number of benzene rings is 8. The van der Waals surface area contributed by atoms with Crippen molar-refractivity contribution >= 4 is 75.4 Å². The third kappa shape index (κ3) is 4.63. The molecule has 8 aromatic carbocycles. The number of hydrogen-bond donors (Lipinski definition) is 0. The minimum Gasteiger partial charge on any atom is -0.456 e. The molecule has 0 fully saturated rings. The Balaban J connectivity index is 0.905. The van der Waals surface area contributed by atoms with Crippen LogP contribution in [-0.4, -0.2) is 0 Å². The Bertz CT molecular complexity index is 3140. The third-order valence-corrected chi connectivity index (χ3v) is 11.4. The molecule has 0 atom stereocenters. The minimum absolute atomic E-state index is 0.920. The van der Waals surface area contributed by atoms with Crippen LogP contribution in [0.25, 0.3) is 109 Å². The SMILES string of the molecule is c1cc(-c2ccc3c(c2)sc2cc(-c4ccc(-c5ccc6oc7ccccc7c6c5)cc4)ccc23)cc(-c2ccc3oc4ccccc4c3c2)c1. The van der Waals surface area contributed by atoms with Crippen LogP contribution in [0.1, 0.15) is 0 Å². The molecule has 2 nitrogen and oxygen atoms in total. The first kappa shape index (κ1) is 28.4. The van der Waals surface area contributed by atoms with Crippen molar-refractivity contribution in [1.29, 1.82) is 0 Å². The van der Waals surface area contributed by atoms with E-state index >= 15 is 0 Å². The van der Waals surface area contributed by atoms with Gasteiger partial charge in [-0.15, -0.1) is 11.3 Å². The Morgan fingerprint density at radius 1 is 0.255 bits per heavy atom. The fourth-order valence-electron chi connectivity index (χ4n) is 7.68. The average Bonchev–Trinajstić information content (AvgIpc) is 3.88. The van der Waals surface area contributed by atoms with Gasteiger partial charge in [0.25, 0.3) is 0 Å². The van der Waals surface area contributed by atoms with E-state index in [9.17, 15) is 0 Å². The number of thiophene rings is 1. The van der Waals surface area contributed by atoms with Crippen molar-refractivity contribution in [2.75, 3.05) is 0 Å². The van der Waals surface area contributed by atoms with Gasteiger partial charge in [-0.25, -0.2) is 0 Å². The monoisotopic (exact) mass is 668 g/mol. The van der Waals surface area contributed by atoms with Gasteiger partial charge in [-0.05, 0) is 99.1 Å². The zero-order chi connectivity index (χ0) is 33.5. The minimum atomic E-state index is 0.920. The van der Waals surface area contributed by atoms with Gasteiger partial charge in [0.05, 0.1) is 0 Å². The van der Waals surface area contributed by atoms with Gasteiger partial charge in [-0.2, -0.15) is 0 Å². The van der Waals surface area contributed by atoms with Gasteiger partial charge >= 0.3 is 0 Å².